The minimum atomic E-state index is -1.24. The molecule has 0 saturated heterocycles. The SMILES string of the molecule is CC(C[C@](C)(NN)C(=O)O)c1ccc(O)c(O)c1. The molecule has 18 heavy (non-hydrogen) atoms. The number of aliphatic carboxylic acids is 1. The summed E-state index contributed by atoms with van der Waals surface area (Å²) in [6.45, 7) is 3.32. The van der Waals surface area contributed by atoms with Crippen LogP contribution in [0.3, 0.4) is 0 Å². The zero-order chi connectivity index (χ0) is 13.9. The van der Waals surface area contributed by atoms with Crippen LogP contribution in [0.25, 0.3) is 0 Å². The monoisotopic (exact) mass is 254 g/mol. The van der Waals surface area contributed by atoms with Crippen molar-refractivity contribution in [3.05, 3.63) is 23.8 Å². The van der Waals surface area contributed by atoms with Crippen LogP contribution in [-0.2, 0) is 4.79 Å². The molecule has 0 heterocycles. The number of rotatable bonds is 5. The van der Waals surface area contributed by atoms with Gasteiger partial charge in [-0.05, 0) is 37.0 Å². The van der Waals surface area contributed by atoms with Gasteiger partial charge in [0.2, 0.25) is 0 Å². The van der Waals surface area contributed by atoms with E-state index in [4.69, 9.17) is 10.9 Å². The molecule has 1 rings (SSSR count). The fourth-order valence-electron chi connectivity index (χ4n) is 1.79. The van der Waals surface area contributed by atoms with E-state index in [1.807, 2.05) is 6.92 Å². The van der Waals surface area contributed by atoms with Gasteiger partial charge in [0.25, 0.3) is 0 Å². The fraction of sp³-hybridized carbons (Fsp3) is 0.417. The predicted octanol–water partition coefficient (Wildman–Crippen LogP) is 0.898. The molecule has 1 aromatic rings. The predicted molar refractivity (Wildman–Crippen MR) is 66.2 cm³/mol. The summed E-state index contributed by atoms with van der Waals surface area (Å²) in [4.78, 5) is 11.1. The summed E-state index contributed by atoms with van der Waals surface area (Å²) >= 11 is 0. The molecule has 0 saturated carbocycles. The summed E-state index contributed by atoms with van der Waals surface area (Å²) in [6, 6.07) is 4.42. The van der Waals surface area contributed by atoms with E-state index < -0.39 is 11.5 Å². The van der Waals surface area contributed by atoms with Gasteiger partial charge < -0.3 is 15.3 Å². The lowest BCUT2D eigenvalue weighted by molar-refractivity contribution is -0.144. The van der Waals surface area contributed by atoms with Crippen LogP contribution in [0.15, 0.2) is 18.2 Å². The molecule has 0 radical (unpaired) electrons. The van der Waals surface area contributed by atoms with Crippen molar-refractivity contribution in [3.63, 3.8) is 0 Å². The molecule has 0 aromatic heterocycles. The number of nitrogens with one attached hydrogen (secondary N) is 1. The minimum absolute atomic E-state index is 0.145. The Labute approximate surface area is 105 Å². The molecule has 0 spiro atoms. The third kappa shape index (κ3) is 2.91. The van der Waals surface area contributed by atoms with E-state index in [0.29, 0.717) is 0 Å². The lowest BCUT2D eigenvalue weighted by Crippen LogP contribution is -2.53. The summed E-state index contributed by atoms with van der Waals surface area (Å²) in [5, 5.41) is 27.7. The van der Waals surface area contributed by atoms with Crippen molar-refractivity contribution in [3.8, 4) is 11.5 Å². The summed E-state index contributed by atoms with van der Waals surface area (Å²) in [6.07, 6.45) is 0.253. The third-order valence-corrected chi connectivity index (χ3v) is 3.07. The lowest BCUT2D eigenvalue weighted by atomic mass is 9.86. The minimum Gasteiger partial charge on any atom is -0.504 e. The number of benzene rings is 1. The van der Waals surface area contributed by atoms with Gasteiger partial charge in [0.1, 0.15) is 5.54 Å². The van der Waals surface area contributed by atoms with Crippen molar-refractivity contribution in [2.75, 3.05) is 0 Å². The highest BCUT2D eigenvalue weighted by molar-refractivity contribution is 5.78. The second kappa shape index (κ2) is 5.24. The molecule has 0 aliphatic rings. The zero-order valence-electron chi connectivity index (χ0n) is 10.3. The normalized spacial score (nSPS) is 15.9. The molecule has 100 valence electrons. The van der Waals surface area contributed by atoms with Gasteiger partial charge in [0, 0.05) is 0 Å². The molecule has 0 bridgehead atoms. The van der Waals surface area contributed by atoms with Crippen LogP contribution in [0.1, 0.15) is 31.7 Å². The lowest BCUT2D eigenvalue weighted by Gasteiger charge is -2.27. The van der Waals surface area contributed by atoms with Crippen LogP contribution in [0.4, 0.5) is 0 Å². The number of carboxylic acids is 1. The molecule has 0 aliphatic carbocycles. The van der Waals surface area contributed by atoms with Gasteiger partial charge in [-0.2, -0.15) is 0 Å². The molecule has 0 fully saturated rings. The first-order valence-corrected chi connectivity index (χ1v) is 5.53. The van der Waals surface area contributed by atoms with Crippen LogP contribution in [0.2, 0.25) is 0 Å². The molecule has 6 N–H and O–H groups in total. The first-order valence-electron chi connectivity index (χ1n) is 5.53. The maximum atomic E-state index is 11.1. The topological polar surface area (TPSA) is 116 Å². The van der Waals surface area contributed by atoms with Gasteiger partial charge in [-0.1, -0.05) is 13.0 Å². The average molecular weight is 254 g/mol. The number of phenols is 2. The first-order chi connectivity index (χ1) is 8.30. The Morgan fingerprint density at radius 3 is 2.50 bits per heavy atom. The Morgan fingerprint density at radius 1 is 1.44 bits per heavy atom. The van der Waals surface area contributed by atoms with Crippen molar-refractivity contribution < 1.29 is 20.1 Å². The highest BCUT2D eigenvalue weighted by Gasteiger charge is 2.33. The molecule has 1 aromatic carbocycles. The number of hydrogen-bond acceptors (Lipinski definition) is 5. The Hall–Kier alpha value is -1.79. The molecule has 6 nitrogen and oxygen atoms in total. The van der Waals surface area contributed by atoms with Crippen LogP contribution >= 0.6 is 0 Å². The van der Waals surface area contributed by atoms with Gasteiger partial charge in [-0.25, -0.2) is 5.43 Å². The van der Waals surface area contributed by atoms with E-state index >= 15 is 0 Å². The van der Waals surface area contributed by atoms with E-state index in [-0.39, 0.29) is 23.8 Å². The van der Waals surface area contributed by atoms with Crippen LogP contribution in [0, 0.1) is 0 Å². The third-order valence-electron chi connectivity index (χ3n) is 3.07. The summed E-state index contributed by atoms with van der Waals surface area (Å²) in [5.74, 6) is 3.65. The number of carboxylic acid groups (broad SMARTS) is 1. The number of carbonyl (C=O) groups is 1. The number of phenolic OH excluding ortho intramolecular Hbond substituents is 2. The van der Waals surface area contributed by atoms with Crippen LogP contribution in [0.5, 0.6) is 11.5 Å². The van der Waals surface area contributed by atoms with Crippen LogP contribution in [-0.4, -0.2) is 26.8 Å². The Balaban J connectivity index is 2.90. The van der Waals surface area contributed by atoms with Crippen LogP contribution < -0.4 is 11.3 Å². The van der Waals surface area contributed by atoms with Gasteiger partial charge in [0.05, 0.1) is 0 Å². The Bertz CT molecular complexity index is 450. The maximum Gasteiger partial charge on any atom is 0.324 e. The number of hydrogen-bond donors (Lipinski definition) is 5. The summed E-state index contributed by atoms with van der Waals surface area (Å²) < 4.78 is 0. The Kier molecular flexibility index (Phi) is 4.15. The van der Waals surface area contributed by atoms with Crippen molar-refractivity contribution in [1.29, 1.82) is 0 Å². The standard InChI is InChI=1S/C12H18N2O4/c1-7(6-12(2,14-13)11(17)18)8-3-4-9(15)10(16)5-8/h3-5,7,14-16H,6,13H2,1-2H3,(H,17,18)/t7?,12-/m0/s1. The zero-order valence-corrected chi connectivity index (χ0v) is 10.3. The molecule has 0 amide bonds. The smallest absolute Gasteiger partial charge is 0.324 e. The van der Waals surface area contributed by atoms with Crippen molar-refractivity contribution >= 4 is 5.97 Å². The van der Waals surface area contributed by atoms with Gasteiger partial charge in [0.15, 0.2) is 11.5 Å². The number of aromatic hydroxyl groups is 2. The van der Waals surface area contributed by atoms with Gasteiger partial charge in [-0.15, -0.1) is 0 Å². The molecule has 0 aliphatic heterocycles. The van der Waals surface area contributed by atoms with Gasteiger partial charge >= 0.3 is 5.97 Å². The van der Waals surface area contributed by atoms with Crippen molar-refractivity contribution in [2.45, 2.75) is 31.7 Å². The summed E-state index contributed by atoms with van der Waals surface area (Å²) in [7, 11) is 0. The maximum absolute atomic E-state index is 11.1. The molecular formula is C12H18N2O4. The molecule has 2 atom stereocenters. The quantitative estimate of drug-likeness (QED) is 0.303. The first kappa shape index (κ1) is 14.3. The second-order valence-electron chi connectivity index (χ2n) is 4.63. The number of nitrogens with two attached hydrogens (primary N) is 1. The molecule has 6 heteroatoms. The van der Waals surface area contributed by atoms with E-state index in [9.17, 15) is 15.0 Å². The molecule has 1 unspecified atom stereocenters. The second-order valence-corrected chi connectivity index (χ2v) is 4.63. The fourth-order valence-corrected chi connectivity index (χ4v) is 1.79. The summed E-state index contributed by atoms with van der Waals surface area (Å²) in [5.41, 5.74) is 1.78. The van der Waals surface area contributed by atoms with Gasteiger partial charge in [-0.3, -0.25) is 10.6 Å². The average Bonchev–Trinajstić information content (AvgIpc) is 2.32. The van der Waals surface area contributed by atoms with Crippen molar-refractivity contribution in [2.24, 2.45) is 5.84 Å². The highest BCUT2D eigenvalue weighted by Crippen LogP contribution is 2.32. The van der Waals surface area contributed by atoms with E-state index in [1.165, 1.54) is 19.1 Å². The largest absolute Gasteiger partial charge is 0.504 e. The highest BCUT2D eigenvalue weighted by atomic mass is 16.4. The van der Waals surface area contributed by atoms with E-state index in [1.54, 1.807) is 6.07 Å². The molecular weight excluding hydrogens is 236 g/mol. The van der Waals surface area contributed by atoms with E-state index in [0.717, 1.165) is 5.56 Å². The Morgan fingerprint density at radius 2 is 2.06 bits per heavy atom. The number of hydrazine groups is 1. The van der Waals surface area contributed by atoms with Crippen molar-refractivity contribution in [1.82, 2.24) is 5.43 Å². The van der Waals surface area contributed by atoms with E-state index in [2.05, 4.69) is 5.43 Å².